The van der Waals surface area contributed by atoms with Gasteiger partial charge in [0.05, 0.1) is 12.0 Å². The largest absolute Gasteiger partial charge is 0.434 e. The quantitative estimate of drug-likeness (QED) is 0.705. The molecule has 1 fully saturated rings. The number of nitrogens with zero attached hydrogens (tertiary/aromatic N) is 1. The van der Waals surface area contributed by atoms with Gasteiger partial charge in [-0.25, -0.2) is 0 Å². The van der Waals surface area contributed by atoms with Crippen molar-refractivity contribution in [2.24, 2.45) is 5.92 Å². The first kappa shape index (κ1) is 21.1. The van der Waals surface area contributed by atoms with E-state index in [-0.39, 0.29) is 30.0 Å². The number of rotatable bonds is 9. The Morgan fingerprint density at radius 1 is 1.22 bits per heavy atom. The molecular weight excluding hydrogens is 354 g/mol. The number of para-hydroxylation sites is 1. The van der Waals surface area contributed by atoms with Crippen LogP contribution in [0.5, 0.6) is 5.75 Å². The van der Waals surface area contributed by atoms with Gasteiger partial charge in [-0.05, 0) is 25.3 Å². The molecule has 5 nitrogen and oxygen atoms in total. The van der Waals surface area contributed by atoms with Crippen LogP contribution in [0.25, 0.3) is 0 Å². The second kappa shape index (κ2) is 9.67. The lowest BCUT2D eigenvalue weighted by Gasteiger charge is -2.26. The van der Waals surface area contributed by atoms with Gasteiger partial charge in [-0.3, -0.25) is 9.59 Å². The first-order valence-corrected chi connectivity index (χ1v) is 9.54. The third-order valence-corrected chi connectivity index (χ3v) is 5.15. The predicted molar refractivity (Wildman–Crippen MR) is 98.4 cm³/mol. The minimum absolute atomic E-state index is 0.00154. The lowest BCUT2D eigenvalue weighted by Crippen LogP contribution is -2.38. The van der Waals surface area contributed by atoms with E-state index in [9.17, 15) is 18.4 Å². The molecule has 1 N–H and O–H groups in total. The van der Waals surface area contributed by atoms with Crippen LogP contribution in [0, 0.1) is 5.92 Å². The van der Waals surface area contributed by atoms with Crippen molar-refractivity contribution < 1.29 is 23.1 Å². The molecule has 27 heavy (non-hydrogen) atoms. The van der Waals surface area contributed by atoms with Crippen molar-refractivity contribution >= 4 is 11.8 Å². The second-order valence-corrected chi connectivity index (χ2v) is 6.80. The molecule has 1 saturated heterocycles. The van der Waals surface area contributed by atoms with E-state index in [1.807, 2.05) is 20.8 Å². The normalized spacial score (nSPS) is 18.3. The molecule has 0 spiro atoms. The van der Waals surface area contributed by atoms with Crippen LogP contribution in [0.3, 0.4) is 0 Å². The van der Waals surface area contributed by atoms with Gasteiger partial charge in [-0.1, -0.05) is 39.0 Å². The summed E-state index contributed by atoms with van der Waals surface area (Å²) in [5, 5.41) is 2.91. The molecule has 150 valence electrons. The van der Waals surface area contributed by atoms with E-state index >= 15 is 0 Å². The maximum Gasteiger partial charge on any atom is 0.387 e. The average molecular weight is 382 g/mol. The molecule has 1 aliphatic rings. The average Bonchev–Trinajstić information content (AvgIpc) is 3.03. The fraction of sp³-hybridized carbons (Fsp3) is 0.600. The van der Waals surface area contributed by atoms with Gasteiger partial charge in [-0.2, -0.15) is 8.78 Å². The van der Waals surface area contributed by atoms with Crippen molar-refractivity contribution in [1.82, 2.24) is 10.2 Å². The van der Waals surface area contributed by atoms with Crippen LogP contribution in [-0.2, 0) is 9.59 Å². The summed E-state index contributed by atoms with van der Waals surface area (Å²) in [5.41, 5.74) is 0.509. The Morgan fingerprint density at radius 3 is 2.48 bits per heavy atom. The van der Waals surface area contributed by atoms with Crippen LogP contribution in [0.1, 0.15) is 58.1 Å². The molecule has 0 aromatic heterocycles. The summed E-state index contributed by atoms with van der Waals surface area (Å²) in [5.74, 6) is -0.593. The number of nitrogens with one attached hydrogen (secondary N) is 1. The highest BCUT2D eigenvalue weighted by atomic mass is 19.3. The number of likely N-dealkylation sites (tertiary alicyclic amines) is 1. The number of benzene rings is 1. The zero-order chi connectivity index (χ0) is 20.0. The molecule has 1 aliphatic heterocycles. The molecule has 0 radical (unpaired) electrons. The maximum atomic E-state index is 12.7. The van der Waals surface area contributed by atoms with Crippen molar-refractivity contribution in [1.29, 1.82) is 0 Å². The van der Waals surface area contributed by atoms with Gasteiger partial charge >= 0.3 is 6.61 Å². The van der Waals surface area contributed by atoms with E-state index in [2.05, 4.69) is 10.1 Å². The van der Waals surface area contributed by atoms with Crippen molar-refractivity contribution in [3.05, 3.63) is 29.8 Å². The molecule has 1 aromatic carbocycles. The first-order valence-electron chi connectivity index (χ1n) is 9.54. The van der Waals surface area contributed by atoms with Crippen LogP contribution < -0.4 is 10.1 Å². The Hall–Kier alpha value is -2.18. The molecule has 2 amide bonds. The fourth-order valence-electron chi connectivity index (χ4n) is 3.65. The van der Waals surface area contributed by atoms with Gasteiger partial charge in [0.1, 0.15) is 5.75 Å². The molecular formula is C20H28F2N2O3. The smallest absolute Gasteiger partial charge is 0.387 e. The summed E-state index contributed by atoms with van der Waals surface area (Å²) in [4.78, 5) is 26.8. The topological polar surface area (TPSA) is 58.6 Å². The van der Waals surface area contributed by atoms with Crippen molar-refractivity contribution in [2.45, 2.75) is 65.1 Å². The Morgan fingerprint density at radius 2 is 1.89 bits per heavy atom. The van der Waals surface area contributed by atoms with E-state index < -0.39 is 18.6 Å². The summed E-state index contributed by atoms with van der Waals surface area (Å²) >= 11 is 0. The molecule has 1 aromatic rings. The molecule has 1 heterocycles. The summed E-state index contributed by atoms with van der Waals surface area (Å²) in [6, 6.07) is 6.16. The standard InChI is InChI=1S/C20H28F2N2O3/c1-4-14(5-2)24-12-13(11-18(24)25)19(26)23-16(6-3)15-9-7-8-10-17(15)27-20(21)22/h7-10,13-14,16,20H,4-6,11-12H2,1-3H3,(H,23,26). The van der Waals surface area contributed by atoms with Crippen molar-refractivity contribution in [3.8, 4) is 5.75 Å². The lowest BCUT2D eigenvalue weighted by molar-refractivity contribution is -0.130. The van der Waals surface area contributed by atoms with Gasteiger partial charge in [0.25, 0.3) is 0 Å². The van der Waals surface area contributed by atoms with Crippen LogP contribution >= 0.6 is 0 Å². The number of halogens is 2. The Bertz CT molecular complexity index is 650. The fourth-order valence-corrected chi connectivity index (χ4v) is 3.65. The number of carbonyl (C=O) groups excluding carboxylic acids is 2. The van der Waals surface area contributed by atoms with Gasteiger partial charge in [0.2, 0.25) is 11.8 Å². The number of carbonyl (C=O) groups is 2. The van der Waals surface area contributed by atoms with E-state index in [1.54, 1.807) is 23.1 Å². The summed E-state index contributed by atoms with van der Waals surface area (Å²) in [7, 11) is 0. The van der Waals surface area contributed by atoms with E-state index in [0.717, 1.165) is 12.8 Å². The maximum absolute atomic E-state index is 12.7. The van der Waals surface area contributed by atoms with Crippen molar-refractivity contribution in [2.75, 3.05) is 6.54 Å². The number of amides is 2. The van der Waals surface area contributed by atoms with Gasteiger partial charge in [0, 0.05) is 24.6 Å². The Balaban J connectivity index is 2.09. The number of hydrogen-bond donors (Lipinski definition) is 1. The molecule has 0 bridgehead atoms. The summed E-state index contributed by atoms with van der Waals surface area (Å²) < 4.78 is 29.9. The zero-order valence-electron chi connectivity index (χ0n) is 16.1. The van der Waals surface area contributed by atoms with Crippen LogP contribution in [-0.4, -0.2) is 35.9 Å². The molecule has 7 heteroatoms. The van der Waals surface area contributed by atoms with Crippen LogP contribution in [0.15, 0.2) is 24.3 Å². The Labute approximate surface area is 159 Å². The van der Waals surface area contributed by atoms with E-state index in [1.165, 1.54) is 6.07 Å². The third-order valence-electron chi connectivity index (χ3n) is 5.15. The highest BCUT2D eigenvalue weighted by Gasteiger charge is 2.37. The third kappa shape index (κ3) is 5.17. The van der Waals surface area contributed by atoms with E-state index in [0.29, 0.717) is 18.5 Å². The minimum Gasteiger partial charge on any atom is -0.434 e. The minimum atomic E-state index is -2.93. The second-order valence-electron chi connectivity index (χ2n) is 6.80. The SMILES string of the molecule is CCC(NC(=O)C1CC(=O)N(C(CC)CC)C1)c1ccccc1OC(F)F. The van der Waals surface area contributed by atoms with Crippen LogP contribution in [0.2, 0.25) is 0 Å². The molecule has 2 atom stereocenters. The number of alkyl halides is 2. The molecule has 0 saturated carbocycles. The van der Waals surface area contributed by atoms with Crippen LogP contribution in [0.4, 0.5) is 8.78 Å². The number of ether oxygens (including phenoxy) is 1. The highest BCUT2D eigenvalue weighted by Crippen LogP contribution is 2.30. The van der Waals surface area contributed by atoms with Crippen molar-refractivity contribution in [3.63, 3.8) is 0 Å². The Kier molecular flexibility index (Phi) is 7.56. The molecule has 2 unspecified atom stereocenters. The van der Waals surface area contributed by atoms with Gasteiger partial charge in [0.15, 0.2) is 0 Å². The zero-order valence-corrected chi connectivity index (χ0v) is 16.1. The van der Waals surface area contributed by atoms with E-state index in [4.69, 9.17) is 0 Å². The summed E-state index contributed by atoms with van der Waals surface area (Å²) in [6.45, 7) is 3.40. The van der Waals surface area contributed by atoms with Gasteiger partial charge in [-0.15, -0.1) is 0 Å². The predicted octanol–water partition coefficient (Wildman–Crippen LogP) is 3.89. The number of hydrogen-bond acceptors (Lipinski definition) is 3. The monoisotopic (exact) mass is 382 g/mol. The molecule has 0 aliphatic carbocycles. The highest BCUT2D eigenvalue weighted by molar-refractivity contribution is 5.89. The summed E-state index contributed by atoms with van der Waals surface area (Å²) in [6.07, 6.45) is 2.42. The lowest BCUT2D eigenvalue weighted by atomic mass is 10.0. The molecule has 2 rings (SSSR count). The van der Waals surface area contributed by atoms with Gasteiger partial charge < -0.3 is 15.0 Å². The first-order chi connectivity index (χ1) is 12.9.